The third kappa shape index (κ3) is 7.05. The number of halogens is 4. The number of amides is 1. The van der Waals surface area contributed by atoms with Crippen LogP contribution < -0.4 is 10.6 Å². The third-order valence-electron chi connectivity index (χ3n) is 4.31. The van der Waals surface area contributed by atoms with Crippen molar-refractivity contribution >= 4 is 33.4 Å². The third-order valence-corrected chi connectivity index (χ3v) is 5.39. The summed E-state index contributed by atoms with van der Waals surface area (Å²) in [7, 11) is -4.18. The van der Waals surface area contributed by atoms with Gasteiger partial charge in [-0.3, -0.25) is 9.35 Å². The molecular formula is C19H21ClF3N3O5S. The monoisotopic (exact) mass is 495 g/mol. The van der Waals surface area contributed by atoms with Crippen LogP contribution in [0.15, 0.2) is 41.4 Å². The van der Waals surface area contributed by atoms with Gasteiger partial charge in [-0.25, -0.2) is 4.98 Å². The molecule has 0 spiro atoms. The second kappa shape index (κ2) is 10.0. The molecule has 1 aromatic heterocycles. The normalized spacial score (nSPS) is 19.2. The number of nitrogens with zero attached hydrogens (tertiary/aromatic N) is 2. The van der Waals surface area contributed by atoms with E-state index in [1.165, 1.54) is 12.1 Å². The number of carbonyl (C=O) groups is 1. The Morgan fingerprint density at radius 1 is 1.22 bits per heavy atom. The number of carbonyl (C=O) groups excluding carboxylic acids is 1. The lowest BCUT2D eigenvalue weighted by Crippen LogP contribution is -2.45. The molecule has 3 rings (SSSR count). The molecule has 0 saturated carbocycles. The Bertz CT molecular complexity index is 1050. The van der Waals surface area contributed by atoms with E-state index in [0.717, 1.165) is 12.3 Å². The molecule has 0 radical (unpaired) electrons. The van der Waals surface area contributed by atoms with Crippen molar-refractivity contribution in [2.75, 3.05) is 18.0 Å². The molecule has 176 valence electrons. The van der Waals surface area contributed by atoms with Gasteiger partial charge in [-0.1, -0.05) is 11.6 Å². The molecule has 1 saturated heterocycles. The van der Waals surface area contributed by atoms with Gasteiger partial charge in [-0.2, -0.15) is 21.6 Å². The summed E-state index contributed by atoms with van der Waals surface area (Å²) in [5, 5.41) is -0.0951. The molecule has 1 amide bonds. The van der Waals surface area contributed by atoms with Crippen LogP contribution in [0.4, 0.5) is 19.0 Å². The predicted octanol–water partition coefficient (Wildman–Crippen LogP) is 3.40. The highest BCUT2D eigenvalue weighted by Crippen LogP contribution is 2.33. The van der Waals surface area contributed by atoms with Gasteiger partial charge in [-0.15, -0.1) is 0 Å². The van der Waals surface area contributed by atoms with Gasteiger partial charge in [0, 0.05) is 18.1 Å². The number of benzene rings is 1. The molecule has 1 aliphatic heterocycles. The lowest BCUT2D eigenvalue weighted by molar-refractivity contribution is -0.137. The van der Waals surface area contributed by atoms with E-state index < -0.39 is 33.3 Å². The van der Waals surface area contributed by atoms with Crippen LogP contribution in [-0.4, -0.2) is 49.2 Å². The predicted molar refractivity (Wildman–Crippen MR) is 111 cm³/mol. The zero-order valence-corrected chi connectivity index (χ0v) is 18.6. The van der Waals surface area contributed by atoms with Gasteiger partial charge in [0.25, 0.3) is 10.1 Å². The van der Waals surface area contributed by atoms with Crippen molar-refractivity contribution in [3.05, 3.63) is 52.7 Å². The standard InChI is InChI=1S/C11H16N2O4S.C8H5ClF3NO/c1-8-6-13(7-9(2)17-8)11-4-3-10(5-12-11)18(14,15)16;9-4-1-2-5(7(13)14)6(3-4)8(10,11)12/h3-5,8-9H,6-7H2,1-2H3,(H,14,15,16);1-3H,(H2,13,14). The number of nitrogens with two attached hydrogens (primary N) is 1. The van der Waals surface area contributed by atoms with Gasteiger partial charge in [0.05, 0.1) is 29.5 Å². The highest BCUT2D eigenvalue weighted by molar-refractivity contribution is 7.85. The highest BCUT2D eigenvalue weighted by atomic mass is 35.5. The summed E-state index contributed by atoms with van der Waals surface area (Å²) in [6.45, 7) is 5.38. The maximum absolute atomic E-state index is 12.3. The van der Waals surface area contributed by atoms with Crippen molar-refractivity contribution in [1.29, 1.82) is 0 Å². The first kappa shape index (κ1) is 25.8. The number of alkyl halides is 3. The van der Waals surface area contributed by atoms with E-state index in [1.807, 2.05) is 18.7 Å². The smallest absolute Gasteiger partial charge is 0.372 e. The second-order valence-corrected chi connectivity index (χ2v) is 8.90. The number of ether oxygens (including phenoxy) is 1. The van der Waals surface area contributed by atoms with Crippen molar-refractivity contribution in [3.63, 3.8) is 0 Å². The fraction of sp³-hybridized carbons (Fsp3) is 0.368. The molecule has 1 fully saturated rings. The minimum atomic E-state index is -4.63. The molecule has 2 unspecified atom stereocenters. The average Bonchev–Trinajstić information content (AvgIpc) is 2.66. The molecule has 0 aliphatic carbocycles. The van der Waals surface area contributed by atoms with Gasteiger partial charge in [0.15, 0.2) is 0 Å². The summed E-state index contributed by atoms with van der Waals surface area (Å²) in [4.78, 5) is 16.6. The summed E-state index contributed by atoms with van der Waals surface area (Å²) in [5.41, 5.74) is 3.08. The van der Waals surface area contributed by atoms with Gasteiger partial charge in [0.2, 0.25) is 5.91 Å². The van der Waals surface area contributed by atoms with Crippen LogP contribution in [0.5, 0.6) is 0 Å². The van der Waals surface area contributed by atoms with E-state index in [9.17, 15) is 26.4 Å². The topological polar surface area (TPSA) is 123 Å². The summed E-state index contributed by atoms with van der Waals surface area (Å²) >= 11 is 5.38. The second-order valence-electron chi connectivity index (χ2n) is 7.04. The van der Waals surface area contributed by atoms with E-state index in [2.05, 4.69) is 4.98 Å². The van der Waals surface area contributed by atoms with Crippen molar-refractivity contribution in [1.82, 2.24) is 4.98 Å². The summed E-state index contributed by atoms with van der Waals surface area (Å²) in [5.74, 6) is -0.446. The van der Waals surface area contributed by atoms with E-state index in [0.29, 0.717) is 25.0 Å². The number of hydrogen-bond acceptors (Lipinski definition) is 6. The van der Waals surface area contributed by atoms with Crippen molar-refractivity contribution in [2.24, 2.45) is 5.73 Å². The van der Waals surface area contributed by atoms with E-state index in [1.54, 1.807) is 6.07 Å². The van der Waals surface area contributed by atoms with Crippen LogP contribution in [0.25, 0.3) is 0 Å². The Labute approximate surface area is 187 Å². The summed E-state index contributed by atoms with van der Waals surface area (Å²) < 4.78 is 73.3. The summed E-state index contributed by atoms with van der Waals surface area (Å²) in [6, 6.07) is 5.74. The number of rotatable bonds is 3. The van der Waals surface area contributed by atoms with E-state index in [4.69, 9.17) is 26.6 Å². The lowest BCUT2D eigenvalue weighted by Gasteiger charge is -2.36. The number of hydrogen-bond donors (Lipinski definition) is 2. The Kier molecular flexibility index (Phi) is 8.10. The van der Waals surface area contributed by atoms with Crippen LogP contribution in [0.2, 0.25) is 5.02 Å². The molecule has 0 bridgehead atoms. The molecule has 1 aliphatic rings. The Morgan fingerprint density at radius 3 is 2.25 bits per heavy atom. The molecule has 1 aromatic carbocycles. The van der Waals surface area contributed by atoms with Gasteiger partial charge < -0.3 is 15.4 Å². The molecular weight excluding hydrogens is 475 g/mol. The van der Waals surface area contributed by atoms with Gasteiger partial charge >= 0.3 is 6.18 Å². The van der Waals surface area contributed by atoms with Crippen molar-refractivity contribution in [2.45, 2.75) is 37.1 Å². The van der Waals surface area contributed by atoms with Gasteiger partial charge in [-0.05, 0) is 44.2 Å². The van der Waals surface area contributed by atoms with Crippen LogP contribution in [0, 0.1) is 0 Å². The van der Waals surface area contributed by atoms with E-state index >= 15 is 0 Å². The van der Waals surface area contributed by atoms with Gasteiger partial charge in [0.1, 0.15) is 10.7 Å². The van der Waals surface area contributed by atoms with Crippen LogP contribution in [0.3, 0.4) is 0 Å². The first-order valence-electron chi connectivity index (χ1n) is 9.19. The first-order valence-corrected chi connectivity index (χ1v) is 11.0. The van der Waals surface area contributed by atoms with Crippen molar-refractivity contribution in [3.8, 4) is 0 Å². The number of aromatic nitrogens is 1. The fourth-order valence-corrected chi connectivity index (χ4v) is 3.64. The minimum Gasteiger partial charge on any atom is -0.372 e. The molecule has 32 heavy (non-hydrogen) atoms. The zero-order valence-electron chi connectivity index (χ0n) is 17.0. The maximum atomic E-state index is 12.3. The molecule has 2 aromatic rings. The van der Waals surface area contributed by atoms with Crippen molar-refractivity contribution < 1.29 is 35.7 Å². The van der Waals surface area contributed by atoms with E-state index in [-0.39, 0.29) is 22.1 Å². The SMILES string of the molecule is CC1CN(c2ccc(S(=O)(=O)O)cn2)CC(C)O1.NC(=O)c1ccc(Cl)cc1C(F)(F)F. The molecule has 3 N–H and O–H groups in total. The molecule has 13 heteroatoms. The molecule has 2 atom stereocenters. The highest BCUT2D eigenvalue weighted by Gasteiger charge is 2.34. The number of morpholine rings is 1. The summed E-state index contributed by atoms with van der Waals surface area (Å²) in [6.07, 6.45) is -3.25. The maximum Gasteiger partial charge on any atom is 0.417 e. The fourth-order valence-electron chi connectivity index (χ4n) is 3.04. The molecule has 2 heterocycles. The lowest BCUT2D eigenvalue weighted by atomic mass is 10.1. The number of anilines is 1. The molecule has 8 nitrogen and oxygen atoms in total. The number of pyridine rings is 1. The quantitative estimate of drug-likeness (QED) is 0.625. The van der Waals surface area contributed by atoms with Crippen LogP contribution in [0.1, 0.15) is 29.8 Å². The minimum absolute atomic E-state index is 0.0951. The largest absolute Gasteiger partial charge is 0.417 e. The number of primary amides is 1. The van der Waals surface area contributed by atoms with Crippen LogP contribution >= 0.6 is 11.6 Å². The zero-order chi connectivity index (χ0) is 24.3. The average molecular weight is 496 g/mol. The Hall–Kier alpha value is -2.41. The first-order chi connectivity index (χ1) is 14.7. The Morgan fingerprint density at radius 2 is 1.81 bits per heavy atom. The Balaban J connectivity index is 0.000000235. The van der Waals surface area contributed by atoms with Crippen LogP contribution in [-0.2, 0) is 21.0 Å².